The Balaban J connectivity index is 1.53. The minimum atomic E-state index is -4.35. The maximum Gasteiger partial charge on any atom is 0.396 e. The van der Waals surface area contributed by atoms with Gasteiger partial charge in [0.25, 0.3) is 5.56 Å². The Morgan fingerprint density at radius 3 is 2.57 bits per heavy atom. The highest BCUT2D eigenvalue weighted by Gasteiger charge is 2.41. The lowest BCUT2D eigenvalue weighted by Crippen LogP contribution is -2.35. The summed E-state index contributed by atoms with van der Waals surface area (Å²) in [6, 6.07) is 3.26. The first-order valence-corrected chi connectivity index (χ1v) is 12.1. The van der Waals surface area contributed by atoms with Gasteiger partial charge in [0.2, 0.25) is 0 Å². The molecule has 5 rings (SSSR count). The molecule has 0 aromatic carbocycles. The van der Waals surface area contributed by atoms with Crippen molar-refractivity contribution in [3.63, 3.8) is 0 Å². The summed E-state index contributed by atoms with van der Waals surface area (Å²) >= 11 is 0. The Hall–Kier alpha value is -3.56. The summed E-state index contributed by atoms with van der Waals surface area (Å²) in [5.74, 6) is -1.22. The number of fused-ring (bicyclic) bond motifs is 1. The minimum Gasteiger partial charge on any atom is -0.373 e. The van der Waals surface area contributed by atoms with Crippen molar-refractivity contribution in [2.45, 2.75) is 51.3 Å². The molecule has 1 aliphatic carbocycles. The van der Waals surface area contributed by atoms with Crippen molar-refractivity contribution in [1.82, 2.24) is 24.6 Å². The summed E-state index contributed by atoms with van der Waals surface area (Å²) in [5.41, 5.74) is 6.30. The molecule has 4 heterocycles. The van der Waals surface area contributed by atoms with Crippen molar-refractivity contribution in [2.24, 2.45) is 5.92 Å². The Morgan fingerprint density at radius 1 is 1.11 bits per heavy atom. The van der Waals surface area contributed by atoms with Gasteiger partial charge in [-0.25, -0.2) is 24.6 Å². The molecule has 0 saturated carbocycles. The molecular weight excluding hydrogens is 485 g/mol. The molecule has 1 saturated heterocycles. The molecule has 3 aromatic rings. The molecule has 3 aromatic heterocycles. The number of rotatable bonds is 4. The van der Waals surface area contributed by atoms with Gasteiger partial charge in [0.05, 0.1) is 23.4 Å². The average Bonchev–Trinajstić information content (AvgIpc) is 3.35. The van der Waals surface area contributed by atoms with Gasteiger partial charge in [-0.2, -0.15) is 13.2 Å². The van der Waals surface area contributed by atoms with E-state index in [0.717, 1.165) is 11.6 Å². The molecule has 1 aliphatic heterocycles. The van der Waals surface area contributed by atoms with Gasteiger partial charge in [-0.05, 0) is 50.8 Å². The summed E-state index contributed by atoms with van der Waals surface area (Å²) in [7, 11) is 3.56. The van der Waals surface area contributed by atoms with Crippen LogP contribution in [0.15, 0.2) is 34.9 Å². The van der Waals surface area contributed by atoms with Crippen LogP contribution in [0.4, 0.5) is 13.2 Å². The lowest BCUT2D eigenvalue weighted by atomic mass is 9.91. The van der Waals surface area contributed by atoms with E-state index in [1.165, 1.54) is 10.7 Å². The van der Waals surface area contributed by atoms with E-state index in [-0.39, 0.29) is 24.0 Å². The first-order valence-electron chi connectivity index (χ1n) is 12.1. The first kappa shape index (κ1) is 25.1. The summed E-state index contributed by atoms with van der Waals surface area (Å²) in [4.78, 5) is 30.8. The van der Waals surface area contributed by atoms with Gasteiger partial charge < -0.3 is 9.75 Å². The summed E-state index contributed by atoms with van der Waals surface area (Å²) in [6.45, 7) is 4.07. The predicted molar refractivity (Wildman–Crippen MR) is 132 cm³/mol. The highest BCUT2D eigenvalue weighted by molar-refractivity contribution is 5.85. The molecule has 194 valence electrons. The molecule has 2 aliphatic rings. The molecule has 11 heteroatoms. The van der Waals surface area contributed by atoms with Crippen molar-refractivity contribution < 1.29 is 17.9 Å². The second kappa shape index (κ2) is 9.39. The van der Waals surface area contributed by atoms with E-state index in [1.54, 1.807) is 38.3 Å². The molecule has 0 bridgehead atoms. The smallest absolute Gasteiger partial charge is 0.373 e. The fourth-order valence-electron chi connectivity index (χ4n) is 4.69. The number of halogens is 3. The van der Waals surface area contributed by atoms with Crippen LogP contribution >= 0.6 is 0 Å². The number of allylic oxidation sites excluding steroid dienone is 1. The molecule has 0 N–H and O–H groups in total. The van der Waals surface area contributed by atoms with Crippen molar-refractivity contribution in [3.05, 3.63) is 69.0 Å². The van der Waals surface area contributed by atoms with Crippen LogP contribution < -0.4 is 10.6 Å². The van der Waals surface area contributed by atoms with E-state index < -0.39 is 12.1 Å². The van der Waals surface area contributed by atoms with Crippen LogP contribution in [0.1, 0.15) is 59.8 Å². The van der Waals surface area contributed by atoms with E-state index in [4.69, 9.17) is 14.7 Å². The predicted octanol–water partition coefficient (Wildman–Crippen LogP) is 4.15. The Bertz CT molecular complexity index is 1490. The lowest BCUT2D eigenvalue weighted by molar-refractivity contribution is -0.158. The monoisotopic (exact) mass is 512 g/mol. The highest BCUT2D eigenvalue weighted by atomic mass is 19.4. The van der Waals surface area contributed by atoms with E-state index in [9.17, 15) is 18.0 Å². The maximum atomic E-state index is 13.4. The third-order valence-corrected chi connectivity index (χ3v) is 6.92. The minimum absolute atomic E-state index is 0.116. The number of nitrogens with zero attached hydrogens (tertiary/aromatic N) is 6. The molecule has 3 atom stereocenters. The number of hydrogen-bond donors (Lipinski definition) is 0. The number of hydrogen-bond acceptors (Lipinski definition) is 7. The van der Waals surface area contributed by atoms with Gasteiger partial charge in [0.15, 0.2) is 5.65 Å². The van der Waals surface area contributed by atoms with Gasteiger partial charge in [-0.3, -0.25) is 4.79 Å². The van der Waals surface area contributed by atoms with Gasteiger partial charge in [0, 0.05) is 44.5 Å². The average molecular weight is 513 g/mol. The lowest BCUT2D eigenvalue weighted by Gasteiger charge is -2.30. The van der Waals surface area contributed by atoms with E-state index in [2.05, 4.69) is 15.7 Å². The van der Waals surface area contributed by atoms with Crippen LogP contribution in [-0.4, -0.2) is 51.5 Å². The Morgan fingerprint density at radius 2 is 1.86 bits per heavy atom. The molecule has 0 amide bonds. The number of ether oxygens (including phenoxy) is 1. The molecular formula is C26H27F3N6O2. The van der Waals surface area contributed by atoms with Crippen LogP contribution in [-0.2, 0) is 4.74 Å². The zero-order valence-corrected chi connectivity index (χ0v) is 21.0. The third kappa shape index (κ3) is 4.89. The summed E-state index contributed by atoms with van der Waals surface area (Å²) in [6.07, 6.45) is -0.879. The quantitative estimate of drug-likeness (QED) is 0.486. The van der Waals surface area contributed by atoms with Crippen LogP contribution in [0.25, 0.3) is 16.7 Å². The standard InChI is InChI=1S/C26H27F3N6O2/c1-14-15(2)31-25-23(30-14)22(16-5-7-19(11-16)26(27,28)29)32-24(33-25)17-9-10-37-20(12-17)18-6-8-21(36)35(13-18)34(3)4/h6-8,13,17,19-20H,9-12H2,1-4H3/t17?,19-,20?/m0/s1. The van der Waals surface area contributed by atoms with Crippen LogP contribution in [0.2, 0.25) is 0 Å². The maximum absolute atomic E-state index is 13.4. The molecule has 0 radical (unpaired) electrons. The van der Waals surface area contributed by atoms with Crippen molar-refractivity contribution in [3.8, 4) is 0 Å². The second-order valence-electron chi connectivity index (χ2n) is 9.71. The van der Waals surface area contributed by atoms with Gasteiger partial charge in [0.1, 0.15) is 17.0 Å². The topological polar surface area (TPSA) is 86.0 Å². The van der Waals surface area contributed by atoms with Crippen LogP contribution in [0.5, 0.6) is 0 Å². The summed E-state index contributed by atoms with van der Waals surface area (Å²) in [5, 5.41) is 1.69. The fraction of sp³-hybridized carbons (Fsp3) is 0.462. The van der Waals surface area contributed by atoms with Crippen molar-refractivity contribution in [2.75, 3.05) is 25.7 Å². The number of aromatic nitrogens is 5. The largest absolute Gasteiger partial charge is 0.396 e. The number of alkyl halides is 3. The first-order chi connectivity index (χ1) is 17.5. The third-order valence-electron chi connectivity index (χ3n) is 6.92. The van der Waals surface area contributed by atoms with Crippen LogP contribution in [0.3, 0.4) is 0 Å². The zero-order chi connectivity index (χ0) is 26.5. The van der Waals surface area contributed by atoms with Gasteiger partial charge in [-0.15, -0.1) is 5.73 Å². The highest BCUT2D eigenvalue weighted by Crippen LogP contribution is 2.40. The van der Waals surface area contributed by atoms with Crippen molar-refractivity contribution in [1.29, 1.82) is 0 Å². The summed E-state index contributed by atoms with van der Waals surface area (Å²) < 4.78 is 47.7. The second-order valence-corrected chi connectivity index (χ2v) is 9.71. The van der Waals surface area contributed by atoms with Crippen molar-refractivity contribution >= 4 is 16.7 Å². The van der Waals surface area contributed by atoms with Gasteiger partial charge >= 0.3 is 6.18 Å². The van der Waals surface area contributed by atoms with Gasteiger partial charge in [-0.1, -0.05) is 0 Å². The molecule has 2 unspecified atom stereocenters. The number of aryl methyl sites for hydroxylation is 2. The van der Waals surface area contributed by atoms with Crippen LogP contribution in [0, 0.1) is 19.8 Å². The Labute approximate surface area is 211 Å². The normalized spacial score (nSPS) is 21.9. The molecule has 0 spiro atoms. The molecule has 37 heavy (non-hydrogen) atoms. The number of pyridine rings is 1. The molecule has 8 nitrogen and oxygen atoms in total. The van der Waals surface area contributed by atoms with E-state index in [0.29, 0.717) is 59.1 Å². The fourth-order valence-corrected chi connectivity index (χ4v) is 4.69. The van der Waals surface area contributed by atoms with E-state index in [1.807, 2.05) is 6.92 Å². The SMILES string of the molecule is Cc1nc2nc(C3CCOC(c4ccc(=O)n(N(C)C)c4)C3)nc(C3=C=C[C@H](C(F)(F)F)C3)c2nc1C. The van der Waals surface area contributed by atoms with E-state index >= 15 is 0 Å². The zero-order valence-electron chi connectivity index (χ0n) is 21.0. The molecule has 1 fully saturated rings. The Kier molecular flexibility index (Phi) is 6.37.